The van der Waals surface area contributed by atoms with Crippen LogP contribution in [-0.4, -0.2) is 31.4 Å². The van der Waals surface area contributed by atoms with Crippen molar-refractivity contribution in [3.8, 4) is 11.4 Å². The standard InChI is InChI=1S/C11H14N4O/c1-8-3-5-10(6-4-8)11-12-14-15(13-11)7-9(2)16/h3-6,9,16H,7H2,1-2H3/t9-/m0/s1. The van der Waals surface area contributed by atoms with Gasteiger partial charge in [-0.2, -0.15) is 4.80 Å². The van der Waals surface area contributed by atoms with Crippen LogP contribution in [0.4, 0.5) is 0 Å². The molecular formula is C11H14N4O. The van der Waals surface area contributed by atoms with Crippen LogP contribution in [0.5, 0.6) is 0 Å². The largest absolute Gasteiger partial charge is 0.391 e. The highest BCUT2D eigenvalue weighted by atomic mass is 16.3. The summed E-state index contributed by atoms with van der Waals surface area (Å²) in [4.78, 5) is 1.40. The minimum absolute atomic E-state index is 0.360. The van der Waals surface area contributed by atoms with Gasteiger partial charge in [0.15, 0.2) is 0 Å². The Kier molecular flexibility index (Phi) is 2.96. The van der Waals surface area contributed by atoms with E-state index >= 15 is 0 Å². The average molecular weight is 218 g/mol. The van der Waals surface area contributed by atoms with E-state index in [1.165, 1.54) is 10.4 Å². The number of rotatable bonds is 3. The zero-order valence-corrected chi connectivity index (χ0v) is 9.33. The van der Waals surface area contributed by atoms with Gasteiger partial charge in [0.1, 0.15) is 0 Å². The number of aryl methyl sites for hydroxylation is 1. The van der Waals surface area contributed by atoms with Gasteiger partial charge in [0.05, 0.1) is 12.6 Å². The van der Waals surface area contributed by atoms with Crippen LogP contribution in [0.25, 0.3) is 11.4 Å². The highest BCUT2D eigenvalue weighted by Crippen LogP contribution is 2.13. The van der Waals surface area contributed by atoms with Crippen LogP contribution < -0.4 is 0 Å². The molecule has 1 atom stereocenters. The Morgan fingerprint density at radius 3 is 2.62 bits per heavy atom. The monoisotopic (exact) mass is 218 g/mol. The van der Waals surface area contributed by atoms with Gasteiger partial charge in [0.25, 0.3) is 0 Å². The fourth-order valence-corrected chi connectivity index (χ4v) is 1.38. The second-order valence-electron chi connectivity index (χ2n) is 3.88. The summed E-state index contributed by atoms with van der Waals surface area (Å²) in [7, 11) is 0. The fraction of sp³-hybridized carbons (Fsp3) is 0.364. The van der Waals surface area contributed by atoms with Crippen molar-refractivity contribution < 1.29 is 5.11 Å². The Hall–Kier alpha value is -1.75. The molecule has 2 aromatic rings. The van der Waals surface area contributed by atoms with Crippen molar-refractivity contribution in [2.75, 3.05) is 0 Å². The second-order valence-corrected chi connectivity index (χ2v) is 3.88. The lowest BCUT2D eigenvalue weighted by Gasteiger charge is -2.00. The first kappa shape index (κ1) is 10.8. The number of nitrogens with zero attached hydrogens (tertiary/aromatic N) is 4. The van der Waals surface area contributed by atoms with Crippen LogP contribution in [0.1, 0.15) is 12.5 Å². The quantitative estimate of drug-likeness (QED) is 0.835. The normalized spacial score (nSPS) is 12.7. The van der Waals surface area contributed by atoms with Gasteiger partial charge in [-0.3, -0.25) is 0 Å². The summed E-state index contributed by atoms with van der Waals surface area (Å²) >= 11 is 0. The van der Waals surface area contributed by atoms with Crippen molar-refractivity contribution in [2.24, 2.45) is 0 Å². The van der Waals surface area contributed by atoms with Gasteiger partial charge in [0, 0.05) is 5.56 Å². The van der Waals surface area contributed by atoms with Crippen molar-refractivity contribution in [2.45, 2.75) is 26.5 Å². The van der Waals surface area contributed by atoms with E-state index in [4.69, 9.17) is 0 Å². The van der Waals surface area contributed by atoms with E-state index in [1.54, 1.807) is 6.92 Å². The minimum atomic E-state index is -0.472. The highest BCUT2D eigenvalue weighted by Gasteiger charge is 2.06. The molecule has 1 aromatic heterocycles. The molecule has 5 nitrogen and oxygen atoms in total. The van der Waals surface area contributed by atoms with E-state index in [0.29, 0.717) is 12.4 Å². The molecule has 16 heavy (non-hydrogen) atoms. The predicted octanol–water partition coefficient (Wildman–Crippen LogP) is 1.03. The number of benzene rings is 1. The number of aliphatic hydroxyl groups is 1. The van der Waals surface area contributed by atoms with Crippen molar-refractivity contribution in [3.63, 3.8) is 0 Å². The maximum Gasteiger partial charge on any atom is 0.204 e. The molecule has 1 heterocycles. The SMILES string of the molecule is Cc1ccc(-c2nnn(C[C@H](C)O)n2)cc1. The lowest BCUT2D eigenvalue weighted by atomic mass is 10.1. The molecule has 1 aromatic carbocycles. The van der Waals surface area contributed by atoms with Crippen LogP contribution >= 0.6 is 0 Å². The molecule has 0 aliphatic rings. The van der Waals surface area contributed by atoms with Crippen LogP contribution in [0.15, 0.2) is 24.3 Å². The molecule has 5 heteroatoms. The molecule has 0 spiro atoms. The summed E-state index contributed by atoms with van der Waals surface area (Å²) in [6.07, 6.45) is -0.472. The summed E-state index contributed by atoms with van der Waals surface area (Å²) in [6.45, 7) is 4.08. The maximum absolute atomic E-state index is 9.19. The molecule has 0 radical (unpaired) electrons. The van der Waals surface area contributed by atoms with Gasteiger partial charge in [-0.15, -0.1) is 10.2 Å². The third kappa shape index (κ3) is 2.43. The number of hydrogen-bond acceptors (Lipinski definition) is 4. The van der Waals surface area contributed by atoms with E-state index in [9.17, 15) is 5.11 Å². The second kappa shape index (κ2) is 4.40. The summed E-state index contributed by atoms with van der Waals surface area (Å²) in [5.74, 6) is 0.584. The molecule has 1 N–H and O–H groups in total. The van der Waals surface area contributed by atoms with E-state index in [2.05, 4.69) is 15.4 Å². The molecule has 0 aliphatic heterocycles. The highest BCUT2D eigenvalue weighted by molar-refractivity contribution is 5.53. The van der Waals surface area contributed by atoms with Gasteiger partial charge in [-0.05, 0) is 19.1 Å². The van der Waals surface area contributed by atoms with E-state index in [-0.39, 0.29) is 0 Å². The van der Waals surface area contributed by atoms with E-state index in [1.807, 2.05) is 31.2 Å². The third-order valence-corrected chi connectivity index (χ3v) is 2.19. The lowest BCUT2D eigenvalue weighted by Crippen LogP contribution is -2.14. The van der Waals surface area contributed by atoms with Crippen molar-refractivity contribution in [1.29, 1.82) is 0 Å². The number of tetrazole rings is 1. The summed E-state index contributed by atoms with van der Waals surface area (Å²) in [5.41, 5.74) is 2.13. The minimum Gasteiger partial charge on any atom is -0.391 e. The Morgan fingerprint density at radius 1 is 1.31 bits per heavy atom. The number of hydrogen-bond donors (Lipinski definition) is 1. The molecule has 0 aliphatic carbocycles. The average Bonchev–Trinajstić information content (AvgIpc) is 2.66. The Bertz CT molecular complexity index is 461. The molecule has 0 bridgehead atoms. The lowest BCUT2D eigenvalue weighted by molar-refractivity contribution is 0.161. The van der Waals surface area contributed by atoms with Crippen molar-refractivity contribution in [3.05, 3.63) is 29.8 Å². The molecule has 0 unspecified atom stereocenters. The summed E-state index contributed by atoms with van der Waals surface area (Å²) in [5, 5.41) is 21.2. The zero-order valence-electron chi connectivity index (χ0n) is 9.33. The van der Waals surface area contributed by atoms with Crippen LogP contribution in [-0.2, 0) is 6.54 Å². The Morgan fingerprint density at radius 2 is 2.00 bits per heavy atom. The maximum atomic E-state index is 9.19. The van der Waals surface area contributed by atoms with Gasteiger partial charge in [-0.25, -0.2) is 0 Å². The first-order chi connectivity index (χ1) is 7.65. The molecule has 0 saturated carbocycles. The van der Waals surface area contributed by atoms with Crippen LogP contribution in [0.2, 0.25) is 0 Å². The summed E-state index contributed by atoms with van der Waals surface area (Å²) < 4.78 is 0. The van der Waals surface area contributed by atoms with Gasteiger partial charge in [-0.1, -0.05) is 29.8 Å². The van der Waals surface area contributed by atoms with Gasteiger partial charge < -0.3 is 5.11 Å². The van der Waals surface area contributed by atoms with Crippen molar-refractivity contribution in [1.82, 2.24) is 20.2 Å². The molecule has 0 amide bonds. The molecule has 0 fully saturated rings. The number of aliphatic hydroxyl groups excluding tert-OH is 1. The Balaban J connectivity index is 2.21. The van der Waals surface area contributed by atoms with Crippen molar-refractivity contribution >= 4 is 0 Å². The molecular weight excluding hydrogens is 204 g/mol. The van der Waals surface area contributed by atoms with Gasteiger partial charge in [0.2, 0.25) is 5.82 Å². The van der Waals surface area contributed by atoms with Crippen LogP contribution in [0.3, 0.4) is 0 Å². The fourth-order valence-electron chi connectivity index (χ4n) is 1.38. The molecule has 84 valence electrons. The third-order valence-electron chi connectivity index (χ3n) is 2.19. The Labute approximate surface area is 93.7 Å². The van der Waals surface area contributed by atoms with Crippen LogP contribution in [0, 0.1) is 6.92 Å². The topological polar surface area (TPSA) is 63.8 Å². The van der Waals surface area contributed by atoms with E-state index < -0.39 is 6.10 Å². The van der Waals surface area contributed by atoms with E-state index in [0.717, 1.165) is 5.56 Å². The first-order valence-electron chi connectivity index (χ1n) is 5.18. The smallest absolute Gasteiger partial charge is 0.204 e. The zero-order chi connectivity index (χ0) is 11.5. The first-order valence-corrected chi connectivity index (χ1v) is 5.18. The number of aromatic nitrogens is 4. The predicted molar refractivity (Wildman–Crippen MR) is 59.7 cm³/mol. The molecule has 2 rings (SSSR count). The molecule has 0 saturated heterocycles. The van der Waals surface area contributed by atoms with Gasteiger partial charge >= 0.3 is 0 Å². The summed E-state index contributed by atoms with van der Waals surface area (Å²) in [6, 6.07) is 7.92.